The maximum Gasteiger partial charge on any atom is 0.256 e. The third kappa shape index (κ3) is 5.45. The van der Waals surface area contributed by atoms with Gasteiger partial charge in [-0.1, -0.05) is 6.07 Å². The second-order valence-electron chi connectivity index (χ2n) is 10.2. The molecule has 1 saturated heterocycles. The van der Waals surface area contributed by atoms with Gasteiger partial charge in [-0.15, -0.1) is 0 Å². The van der Waals surface area contributed by atoms with Gasteiger partial charge in [0, 0.05) is 53.4 Å². The number of aromatic nitrogens is 2. The Morgan fingerprint density at radius 3 is 2.51 bits per heavy atom. The zero-order valence-corrected chi connectivity index (χ0v) is 21.9. The van der Waals surface area contributed by atoms with Crippen molar-refractivity contribution in [2.24, 2.45) is 0 Å². The predicted octanol–water partition coefficient (Wildman–Crippen LogP) is 6.38. The minimum Gasteiger partial charge on any atom is -0.381 e. The number of amides is 1. The first kappa shape index (κ1) is 24.9. The van der Waals surface area contributed by atoms with Crippen LogP contribution in [0.4, 0.5) is 15.8 Å². The molecular formula is C32H30FN5O. The van der Waals surface area contributed by atoms with Crippen LogP contribution in [0.1, 0.15) is 30.9 Å². The molecular weight excluding hydrogens is 489 g/mol. The Morgan fingerprint density at radius 1 is 0.949 bits per heavy atom. The fourth-order valence-electron chi connectivity index (χ4n) is 5.33. The number of hydrogen-bond acceptors (Lipinski definition) is 5. The number of anilines is 2. The fourth-order valence-corrected chi connectivity index (χ4v) is 5.33. The molecule has 7 heteroatoms. The van der Waals surface area contributed by atoms with Crippen molar-refractivity contribution in [3.8, 4) is 22.4 Å². The number of hydrogen-bond donors (Lipinski definition) is 2. The molecule has 2 aromatic carbocycles. The van der Waals surface area contributed by atoms with E-state index in [0.717, 1.165) is 53.1 Å². The summed E-state index contributed by atoms with van der Waals surface area (Å²) in [4.78, 5) is 25.0. The largest absolute Gasteiger partial charge is 0.381 e. The maximum absolute atomic E-state index is 13.5. The number of carbonyl (C=O) groups excluding carboxylic acids is 1. The molecule has 1 fully saturated rings. The van der Waals surface area contributed by atoms with E-state index in [-0.39, 0.29) is 11.7 Å². The van der Waals surface area contributed by atoms with Crippen molar-refractivity contribution >= 4 is 22.9 Å². The van der Waals surface area contributed by atoms with E-state index in [1.54, 1.807) is 18.3 Å². The fraction of sp³-hybridized carbons (Fsp3) is 0.219. The van der Waals surface area contributed by atoms with Crippen molar-refractivity contribution in [2.75, 3.05) is 30.3 Å². The van der Waals surface area contributed by atoms with Crippen molar-refractivity contribution in [1.29, 1.82) is 0 Å². The van der Waals surface area contributed by atoms with Gasteiger partial charge in [-0.3, -0.25) is 19.7 Å². The minimum atomic E-state index is -0.289. The van der Waals surface area contributed by atoms with Crippen LogP contribution in [0.15, 0.2) is 84.8 Å². The summed E-state index contributed by atoms with van der Waals surface area (Å²) < 4.78 is 13.3. The first-order valence-electron chi connectivity index (χ1n) is 13.3. The topological polar surface area (TPSA) is 70.2 Å². The van der Waals surface area contributed by atoms with Crippen molar-refractivity contribution in [2.45, 2.75) is 26.3 Å². The predicted molar refractivity (Wildman–Crippen MR) is 154 cm³/mol. The summed E-state index contributed by atoms with van der Waals surface area (Å²) in [5.74, 6) is -0.465. The molecule has 0 unspecified atom stereocenters. The van der Waals surface area contributed by atoms with E-state index in [9.17, 15) is 9.18 Å². The van der Waals surface area contributed by atoms with Gasteiger partial charge in [0.05, 0.1) is 17.6 Å². The molecule has 6 rings (SSSR count). The smallest absolute Gasteiger partial charge is 0.256 e. The molecule has 2 aliphatic rings. The van der Waals surface area contributed by atoms with Crippen molar-refractivity contribution in [3.63, 3.8) is 0 Å². The molecule has 2 N–H and O–H groups in total. The van der Waals surface area contributed by atoms with E-state index < -0.39 is 0 Å². The van der Waals surface area contributed by atoms with E-state index in [4.69, 9.17) is 0 Å². The first-order valence-corrected chi connectivity index (χ1v) is 13.3. The summed E-state index contributed by atoms with van der Waals surface area (Å²) in [7, 11) is 0. The van der Waals surface area contributed by atoms with E-state index in [1.807, 2.05) is 37.5 Å². The van der Waals surface area contributed by atoms with Gasteiger partial charge in [0.25, 0.3) is 5.91 Å². The Bertz CT molecular complexity index is 1540. The third-order valence-electron chi connectivity index (χ3n) is 7.38. The van der Waals surface area contributed by atoms with Crippen molar-refractivity contribution < 1.29 is 9.18 Å². The highest BCUT2D eigenvalue weighted by Gasteiger charge is 2.23. The molecule has 0 aliphatic carbocycles. The molecule has 2 aromatic heterocycles. The number of nitrogens with zero attached hydrogens (tertiary/aromatic N) is 3. The molecule has 0 atom stereocenters. The molecule has 6 nitrogen and oxygen atoms in total. The summed E-state index contributed by atoms with van der Waals surface area (Å²) in [6.45, 7) is 5.77. The van der Waals surface area contributed by atoms with Crippen LogP contribution in [-0.4, -0.2) is 40.4 Å². The third-order valence-corrected chi connectivity index (χ3v) is 7.38. The summed E-state index contributed by atoms with van der Waals surface area (Å²) in [5.41, 5.74) is 8.81. The molecule has 2 aliphatic heterocycles. The Morgan fingerprint density at radius 2 is 1.74 bits per heavy atom. The van der Waals surface area contributed by atoms with Crippen LogP contribution < -0.4 is 10.6 Å². The van der Waals surface area contributed by atoms with Gasteiger partial charge in [-0.2, -0.15) is 0 Å². The number of pyridine rings is 2. The van der Waals surface area contributed by atoms with Crippen LogP contribution in [0.3, 0.4) is 0 Å². The zero-order chi connectivity index (χ0) is 26.8. The molecule has 4 heterocycles. The van der Waals surface area contributed by atoms with Crippen molar-refractivity contribution in [1.82, 2.24) is 14.9 Å². The Balaban J connectivity index is 1.24. The Kier molecular flexibility index (Phi) is 6.90. The molecule has 0 saturated carbocycles. The standard InChI is InChI=1S/C32H30FN5O/c1-21-16-35-30-10-6-24(25-14-22(17-34-18-25)20-38-12-2-3-13-38)15-28(30)31(21)32(39)37-27-9-11-29(36-19-27)23-4-7-26(33)8-5-23/h4-11,14-15,17-19,35H,2-3,12-13,16,20H2,1H3,(H,37,39). The number of benzene rings is 2. The number of rotatable bonds is 6. The highest BCUT2D eigenvalue weighted by atomic mass is 19.1. The summed E-state index contributed by atoms with van der Waals surface area (Å²) in [6, 6.07) is 18.2. The maximum atomic E-state index is 13.5. The van der Waals surface area contributed by atoms with Crippen LogP contribution in [0.25, 0.3) is 28.0 Å². The van der Waals surface area contributed by atoms with E-state index in [2.05, 4.69) is 43.7 Å². The number of nitrogens with one attached hydrogen (secondary N) is 2. The average molecular weight is 520 g/mol. The molecule has 0 bridgehead atoms. The number of carbonyl (C=O) groups is 1. The van der Waals surface area contributed by atoms with Gasteiger partial charge in [0.15, 0.2) is 0 Å². The molecule has 39 heavy (non-hydrogen) atoms. The molecule has 0 spiro atoms. The lowest BCUT2D eigenvalue weighted by atomic mass is 9.91. The van der Waals surface area contributed by atoms with Gasteiger partial charge in [0.2, 0.25) is 0 Å². The summed E-state index contributed by atoms with van der Waals surface area (Å²) in [5, 5.41) is 6.44. The number of likely N-dealkylation sites (tertiary alicyclic amines) is 1. The average Bonchev–Trinajstić information content (AvgIpc) is 3.47. The summed E-state index contributed by atoms with van der Waals surface area (Å²) >= 11 is 0. The van der Waals surface area contributed by atoms with Crippen LogP contribution in [0, 0.1) is 5.82 Å². The van der Waals surface area contributed by atoms with Crippen LogP contribution in [-0.2, 0) is 11.3 Å². The number of halogens is 1. The highest BCUT2D eigenvalue weighted by molar-refractivity contribution is 6.27. The molecule has 1 amide bonds. The van der Waals surface area contributed by atoms with E-state index >= 15 is 0 Å². The van der Waals surface area contributed by atoms with E-state index in [0.29, 0.717) is 23.5 Å². The minimum absolute atomic E-state index is 0.176. The van der Waals surface area contributed by atoms with Crippen molar-refractivity contribution in [3.05, 3.63) is 102 Å². The Hall–Kier alpha value is -4.36. The lowest BCUT2D eigenvalue weighted by molar-refractivity contribution is -0.111. The van der Waals surface area contributed by atoms with E-state index in [1.165, 1.54) is 30.5 Å². The van der Waals surface area contributed by atoms with Gasteiger partial charge >= 0.3 is 0 Å². The van der Waals surface area contributed by atoms with Gasteiger partial charge in [0.1, 0.15) is 5.82 Å². The summed E-state index contributed by atoms with van der Waals surface area (Å²) in [6.07, 6.45) is 7.98. The van der Waals surface area contributed by atoms with Crippen LogP contribution in [0.2, 0.25) is 0 Å². The first-order chi connectivity index (χ1) is 19.0. The molecule has 0 radical (unpaired) electrons. The van der Waals surface area contributed by atoms with Gasteiger partial charge in [-0.25, -0.2) is 4.39 Å². The van der Waals surface area contributed by atoms with Gasteiger partial charge < -0.3 is 10.6 Å². The number of fused-ring (bicyclic) bond motifs is 1. The highest BCUT2D eigenvalue weighted by Crippen LogP contribution is 2.35. The molecule has 4 aromatic rings. The monoisotopic (exact) mass is 519 g/mol. The van der Waals surface area contributed by atoms with Crippen LogP contribution in [0.5, 0.6) is 0 Å². The quantitative estimate of drug-likeness (QED) is 0.309. The normalized spacial score (nSPS) is 15.1. The van der Waals surface area contributed by atoms with Crippen LogP contribution >= 0.6 is 0 Å². The SMILES string of the molecule is CC1=C(C(=O)Nc2ccc(-c3ccc(F)cc3)nc2)c2cc(-c3cncc(CN4CCCC4)c3)ccc2NC1. The second-order valence-corrected chi connectivity index (χ2v) is 10.2. The lowest BCUT2D eigenvalue weighted by Crippen LogP contribution is -2.22. The molecule has 196 valence electrons. The van der Waals surface area contributed by atoms with Gasteiger partial charge in [-0.05, 0) is 104 Å². The lowest BCUT2D eigenvalue weighted by Gasteiger charge is -2.23. The Labute approximate surface area is 227 Å². The second kappa shape index (κ2) is 10.8. The zero-order valence-electron chi connectivity index (χ0n) is 21.9.